The van der Waals surface area contributed by atoms with E-state index in [4.69, 9.17) is 27.9 Å². The van der Waals surface area contributed by atoms with Gasteiger partial charge in [-0.3, -0.25) is 0 Å². The van der Waals surface area contributed by atoms with Crippen molar-refractivity contribution >= 4 is 40.6 Å². The molecule has 0 atom stereocenters. The number of urea groups is 1. The molecule has 2 aromatic rings. The van der Waals surface area contributed by atoms with Crippen LogP contribution in [0.2, 0.25) is 10.0 Å². The van der Waals surface area contributed by atoms with Crippen molar-refractivity contribution < 1.29 is 9.53 Å². The van der Waals surface area contributed by atoms with Crippen LogP contribution in [0.5, 0.6) is 5.75 Å². The van der Waals surface area contributed by atoms with Gasteiger partial charge in [0.2, 0.25) is 0 Å². The number of rotatable bonds is 3. The van der Waals surface area contributed by atoms with Crippen molar-refractivity contribution in [2.75, 3.05) is 17.7 Å². The number of carbonyl (C=O) groups excluding carboxylic acids is 1. The second kappa shape index (κ2) is 6.70. The molecule has 21 heavy (non-hydrogen) atoms. The molecule has 2 amide bonds. The zero-order valence-corrected chi connectivity index (χ0v) is 13.0. The predicted molar refractivity (Wildman–Crippen MR) is 86.8 cm³/mol. The van der Waals surface area contributed by atoms with Crippen LogP contribution >= 0.6 is 23.2 Å². The number of nitrogens with one attached hydrogen (secondary N) is 2. The third-order valence-corrected chi connectivity index (χ3v) is 3.59. The summed E-state index contributed by atoms with van der Waals surface area (Å²) in [6.45, 7) is 1.85. The van der Waals surface area contributed by atoms with E-state index in [0.29, 0.717) is 27.2 Å². The topological polar surface area (TPSA) is 50.4 Å². The van der Waals surface area contributed by atoms with E-state index >= 15 is 0 Å². The summed E-state index contributed by atoms with van der Waals surface area (Å²) < 4.78 is 5.20. The molecule has 2 N–H and O–H groups in total. The summed E-state index contributed by atoms with van der Waals surface area (Å²) >= 11 is 12.0. The molecule has 2 aromatic carbocycles. The Balaban J connectivity index is 2.17. The summed E-state index contributed by atoms with van der Waals surface area (Å²) in [5.41, 5.74) is 1.90. The van der Waals surface area contributed by atoms with Crippen LogP contribution in [0.3, 0.4) is 0 Å². The summed E-state index contributed by atoms with van der Waals surface area (Å²) in [6.07, 6.45) is 0. The highest BCUT2D eigenvalue weighted by Crippen LogP contribution is 2.31. The van der Waals surface area contributed by atoms with Gasteiger partial charge in [-0.1, -0.05) is 35.3 Å². The summed E-state index contributed by atoms with van der Waals surface area (Å²) in [5.74, 6) is 0.486. The fourth-order valence-electron chi connectivity index (χ4n) is 1.77. The van der Waals surface area contributed by atoms with E-state index in [1.165, 1.54) is 7.11 Å². The van der Waals surface area contributed by atoms with Gasteiger partial charge in [-0.05, 0) is 30.7 Å². The third-order valence-electron chi connectivity index (χ3n) is 2.85. The van der Waals surface area contributed by atoms with E-state index in [1.807, 2.05) is 6.92 Å². The Labute approximate surface area is 133 Å². The lowest BCUT2D eigenvalue weighted by atomic mass is 10.2. The predicted octanol–water partition coefficient (Wildman–Crippen LogP) is 4.95. The number of carbonyl (C=O) groups is 1. The van der Waals surface area contributed by atoms with Crippen molar-refractivity contribution in [1.29, 1.82) is 0 Å². The molecule has 0 aliphatic heterocycles. The van der Waals surface area contributed by atoms with Gasteiger partial charge < -0.3 is 15.4 Å². The highest BCUT2D eigenvalue weighted by atomic mass is 35.5. The van der Waals surface area contributed by atoms with Crippen LogP contribution in [0.1, 0.15) is 5.56 Å². The molecule has 0 aromatic heterocycles. The molecular weight excluding hydrogens is 311 g/mol. The van der Waals surface area contributed by atoms with Gasteiger partial charge in [-0.25, -0.2) is 4.79 Å². The Kier molecular flexibility index (Phi) is 4.94. The first-order chi connectivity index (χ1) is 10.0. The Hall–Kier alpha value is -1.91. The van der Waals surface area contributed by atoms with Gasteiger partial charge in [0.15, 0.2) is 0 Å². The number of methoxy groups -OCH3 is 1. The highest BCUT2D eigenvalue weighted by Gasteiger charge is 2.11. The fraction of sp³-hybridized carbons (Fsp3) is 0.133. The average molecular weight is 325 g/mol. The third kappa shape index (κ3) is 3.80. The summed E-state index contributed by atoms with van der Waals surface area (Å²) in [4.78, 5) is 12.0. The van der Waals surface area contributed by atoms with Crippen molar-refractivity contribution in [3.8, 4) is 5.75 Å². The zero-order chi connectivity index (χ0) is 15.4. The molecule has 0 saturated heterocycles. The van der Waals surface area contributed by atoms with Crippen molar-refractivity contribution in [3.05, 3.63) is 52.0 Å². The summed E-state index contributed by atoms with van der Waals surface area (Å²) in [6, 6.07) is 9.97. The van der Waals surface area contributed by atoms with E-state index in [-0.39, 0.29) is 0 Å². The van der Waals surface area contributed by atoms with Crippen LogP contribution in [-0.4, -0.2) is 13.1 Å². The number of hydrogen-bond acceptors (Lipinski definition) is 2. The van der Waals surface area contributed by atoms with E-state index in [0.717, 1.165) is 5.56 Å². The van der Waals surface area contributed by atoms with Crippen molar-refractivity contribution in [2.24, 2.45) is 0 Å². The van der Waals surface area contributed by atoms with Crippen molar-refractivity contribution in [3.63, 3.8) is 0 Å². The molecule has 0 fully saturated rings. The Morgan fingerprint density at radius 2 is 1.71 bits per heavy atom. The first-order valence-corrected chi connectivity index (χ1v) is 6.93. The number of ether oxygens (including phenoxy) is 1. The monoisotopic (exact) mass is 324 g/mol. The van der Waals surface area contributed by atoms with Crippen molar-refractivity contribution in [2.45, 2.75) is 6.92 Å². The molecule has 0 heterocycles. The minimum absolute atomic E-state index is 0.414. The molecule has 4 nitrogen and oxygen atoms in total. The largest absolute Gasteiger partial charge is 0.495 e. The lowest BCUT2D eigenvalue weighted by molar-refractivity contribution is 0.262. The first-order valence-electron chi connectivity index (χ1n) is 6.18. The molecule has 0 aliphatic rings. The molecule has 0 aliphatic carbocycles. The van der Waals surface area contributed by atoms with Crippen LogP contribution in [0, 0.1) is 6.92 Å². The molecule has 110 valence electrons. The summed E-state index contributed by atoms with van der Waals surface area (Å²) in [7, 11) is 1.51. The van der Waals surface area contributed by atoms with Crippen LogP contribution < -0.4 is 15.4 Å². The second-order valence-electron chi connectivity index (χ2n) is 4.36. The Morgan fingerprint density at radius 3 is 2.38 bits per heavy atom. The van der Waals surface area contributed by atoms with Crippen LogP contribution in [-0.2, 0) is 0 Å². The zero-order valence-electron chi connectivity index (χ0n) is 11.5. The van der Waals surface area contributed by atoms with Gasteiger partial charge in [-0.15, -0.1) is 0 Å². The lowest BCUT2D eigenvalue weighted by Crippen LogP contribution is -2.20. The molecule has 0 saturated carbocycles. The Bertz CT molecular complexity index is 675. The molecule has 0 unspecified atom stereocenters. The van der Waals surface area contributed by atoms with Crippen LogP contribution in [0.4, 0.5) is 16.2 Å². The number of anilines is 2. The van der Waals surface area contributed by atoms with E-state index in [9.17, 15) is 4.79 Å². The van der Waals surface area contributed by atoms with E-state index in [1.54, 1.807) is 36.4 Å². The minimum Gasteiger partial charge on any atom is -0.495 e. The van der Waals surface area contributed by atoms with Gasteiger partial charge >= 0.3 is 6.03 Å². The normalized spacial score (nSPS) is 10.1. The van der Waals surface area contributed by atoms with Crippen molar-refractivity contribution in [1.82, 2.24) is 0 Å². The van der Waals surface area contributed by atoms with Gasteiger partial charge in [0.1, 0.15) is 5.75 Å². The molecule has 0 spiro atoms. The molecular formula is C15H14Cl2N2O2. The van der Waals surface area contributed by atoms with E-state index < -0.39 is 6.03 Å². The molecule has 2 rings (SSSR count). The smallest absolute Gasteiger partial charge is 0.323 e. The lowest BCUT2D eigenvalue weighted by Gasteiger charge is -2.13. The quantitative estimate of drug-likeness (QED) is 0.838. The van der Waals surface area contributed by atoms with Crippen LogP contribution in [0.15, 0.2) is 36.4 Å². The molecule has 6 heteroatoms. The highest BCUT2D eigenvalue weighted by molar-refractivity contribution is 6.33. The Morgan fingerprint density at radius 1 is 1.05 bits per heavy atom. The number of benzene rings is 2. The maximum Gasteiger partial charge on any atom is 0.323 e. The number of halogens is 2. The number of amides is 2. The van der Waals surface area contributed by atoms with Crippen LogP contribution in [0.25, 0.3) is 0 Å². The molecule has 0 radical (unpaired) electrons. The number of hydrogen-bond donors (Lipinski definition) is 2. The molecule has 0 bridgehead atoms. The maximum absolute atomic E-state index is 12.0. The minimum atomic E-state index is -0.414. The second-order valence-corrected chi connectivity index (χ2v) is 5.18. The van der Waals surface area contributed by atoms with Gasteiger partial charge in [0, 0.05) is 11.1 Å². The van der Waals surface area contributed by atoms with Gasteiger partial charge in [0.05, 0.1) is 23.5 Å². The van der Waals surface area contributed by atoms with Gasteiger partial charge in [-0.2, -0.15) is 0 Å². The first kappa shape index (κ1) is 15.5. The van der Waals surface area contributed by atoms with E-state index in [2.05, 4.69) is 10.6 Å². The average Bonchev–Trinajstić information content (AvgIpc) is 2.45. The standard InChI is InChI=1S/C15H14Cl2N2O2/c1-9-7-13(14(21-2)8-11(9)17)19-15(20)18-12-6-4-3-5-10(12)16/h3-8H,1-2H3,(H2,18,19,20). The number of aryl methyl sites for hydroxylation is 1. The van der Waals surface area contributed by atoms with Gasteiger partial charge in [0.25, 0.3) is 0 Å². The fourth-order valence-corrected chi connectivity index (χ4v) is 2.10. The number of para-hydroxylation sites is 1. The summed E-state index contributed by atoms with van der Waals surface area (Å²) in [5, 5.41) is 6.42. The SMILES string of the molecule is COc1cc(Cl)c(C)cc1NC(=O)Nc1ccccc1Cl. The maximum atomic E-state index is 12.0.